The summed E-state index contributed by atoms with van der Waals surface area (Å²) in [6.07, 6.45) is 0. The molecule has 1 amide bonds. The molecule has 1 aliphatic rings. The Morgan fingerprint density at radius 1 is 1.25 bits per heavy atom. The lowest BCUT2D eigenvalue weighted by molar-refractivity contribution is -0.138. The van der Waals surface area contributed by atoms with Crippen LogP contribution in [0.15, 0.2) is 18.2 Å². The number of amides is 1. The van der Waals surface area contributed by atoms with Crippen molar-refractivity contribution in [3.63, 3.8) is 0 Å². The topological polar surface area (TPSA) is 60.9 Å². The number of carbonyl (C=O) groups is 2. The molecule has 20 heavy (non-hydrogen) atoms. The first kappa shape index (κ1) is 14.7. The lowest BCUT2D eigenvalue weighted by atomic mass is 10.1. The number of benzene rings is 1. The number of rotatable bonds is 3. The van der Waals surface area contributed by atoms with Crippen LogP contribution in [0.4, 0.5) is 4.39 Å². The summed E-state index contributed by atoms with van der Waals surface area (Å²) in [5.41, 5.74) is -0.0517. The minimum atomic E-state index is -0.898. The van der Waals surface area contributed by atoms with Gasteiger partial charge in [0.15, 0.2) is 0 Å². The Labute approximate surface area is 120 Å². The van der Waals surface area contributed by atoms with Crippen molar-refractivity contribution < 1.29 is 19.1 Å². The smallest absolute Gasteiger partial charge is 0.317 e. The molecule has 1 aromatic rings. The third-order valence-electron chi connectivity index (χ3n) is 3.18. The van der Waals surface area contributed by atoms with Crippen molar-refractivity contribution in [3.05, 3.63) is 34.6 Å². The summed E-state index contributed by atoms with van der Waals surface area (Å²) in [6.45, 7) is 1.62. The van der Waals surface area contributed by atoms with Crippen LogP contribution in [0.25, 0.3) is 0 Å². The second-order valence-corrected chi connectivity index (χ2v) is 5.02. The van der Waals surface area contributed by atoms with E-state index in [1.165, 1.54) is 17.0 Å². The van der Waals surface area contributed by atoms with Crippen molar-refractivity contribution in [3.8, 4) is 0 Å². The van der Waals surface area contributed by atoms with Crippen molar-refractivity contribution in [2.75, 3.05) is 32.7 Å². The van der Waals surface area contributed by atoms with Gasteiger partial charge in [-0.25, -0.2) is 4.39 Å². The number of aliphatic carboxylic acids is 1. The van der Waals surface area contributed by atoms with Gasteiger partial charge in [0.2, 0.25) is 0 Å². The van der Waals surface area contributed by atoms with Gasteiger partial charge in [-0.2, -0.15) is 0 Å². The summed E-state index contributed by atoms with van der Waals surface area (Å²) >= 11 is 5.77. The lowest BCUT2D eigenvalue weighted by Gasteiger charge is -2.33. The van der Waals surface area contributed by atoms with Gasteiger partial charge in [-0.1, -0.05) is 11.6 Å². The van der Waals surface area contributed by atoms with Gasteiger partial charge >= 0.3 is 5.97 Å². The Bertz CT molecular complexity index is 530. The Kier molecular flexibility index (Phi) is 4.57. The molecular weight excluding hydrogens is 287 g/mol. The number of piperazine rings is 1. The third-order valence-corrected chi connectivity index (χ3v) is 3.41. The molecule has 5 nitrogen and oxygen atoms in total. The standard InChI is InChI=1S/C13H14ClFN2O3/c14-9-1-2-11(15)10(7-9)13(20)17-5-3-16(4-6-17)8-12(18)19/h1-2,7H,3-6,8H2,(H,18,19). The van der Waals surface area contributed by atoms with E-state index < -0.39 is 17.7 Å². The molecule has 0 spiro atoms. The first-order valence-electron chi connectivity index (χ1n) is 6.16. The predicted molar refractivity (Wildman–Crippen MR) is 71.4 cm³/mol. The summed E-state index contributed by atoms with van der Waals surface area (Å²) in [4.78, 5) is 26.0. The second kappa shape index (κ2) is 6.19. The van der Waals surface area contributed by atoms with Gasteiger partial charge in [0, 0.05) is 31.2 Å². The lowest BCUT2D eigenvalue weighted by Crippen LogP contribution is -2.50. The molecular formula is C13H14ClFN2O3. The number of nitrogens with zero attached hydrogens (tertiary/aromatic N) is 2. The Balaban J connectivity index is 2.01. The predicted octanol–water partition coefficient (Wildman–Crippen LogP) is 1.32. The summed E-state index contributed by atoms with van der Waals surface area (Å²) < 4.78 is 13.6. The molecule has 1 fully saturated rings. The number of carboxylic acid groups (broad SMARTS) is 1. The zero-order valence-corrected chi connectivity index (χ0v) is 11.4. The van der Waals surface area contributed by atoms with Gasteiger partial charge in [0.1, 0.15) is 5.82 Å². The van der Waals surface area contributed by atoms with Crippen LogP contribution in [0.1, 0.15) is 10.4 Å². The first-order valence-corrected chi connectivity index (χ1v) is 6.53. The summed E-state index contributed by atoms with van der Waals surface area (Å²) in [7, 11) is 0. The zero-order valence-electron chi connectivity index (χ0n) is 10.7. The van der Waals surface area contributed by atoms with E-state index in [9.17, 15) is 14.0 Å². The van der Waals surface area contributed by atoms with Gasteiger partial charge in [-0.3, -0.25) is 14.5 Å². The van der Waals surface area contributed by atoms with Crippen LogP contribution >= 0.6 is 11.6 Å². The summed E-state index contributed by atoms with van der Waals surface area (Å²) in [5.74, 6) is -1.92. The van der Waals surface area contributed by atoms with Crippen molar-refractivity contribution >= 4 is 23.5 Å². The van der Waals surface area contributed by atoms with E-state index in [4.69, 9.17) is 16.7 Å². The quantitative estimate of drug-likeness (QED) is 0.914. The van der Waals surface area contributed by atoms with Crippen LogP contribution in [0.2, 0.25) is 5.02 Å². The second-order valence-electron chi connectivity index (χ2n) is 4.59. The van der Waals surface area contributed by atoms with E-state index in [1.807, 2.05) is 0 Å². The van der Waals surface area contributed by atoms with Gasteiger partial charge in [-0.05, 0) is 18.2 Å². The van der Waals surface area contributed by atoms with E-state index in [1.54, 1.807) is 4.90 Å². The van der Waals surface area contributed by atoms with Gasteiger partial charge in [0.25, 0.3) is 5.91 Å². The van der Waals surface area contributed by atoms with E-state index in [0.29, 0.717) is 31.2 Å². The van der Waals surface area contributed by atoms with Gasteiger partial charge < -0.3 is 10.0 Å². The number of carbonyl (C=O) groups excluding carboxylic acids is 1. The number of halogens is 2. The largest absolute Gasteiger partial charge is 0.480 e. The third kappa shape index (κ3) is 3.46. The summed E-state index contributed by atoms with van der Waals surface area (Å²) in [5, 5.41) is 9.00. The molecule has 2 rings (SSSR count). The molecule has 1 heterocycles. The highest BCUT2D eigenvalue weighted by atomic mass is 35.5. The van der Waals surface area contributed by atoms with Crippen LogP contribution < -0.4 is 0 Å². The maximum absolute atomic E-state index is 13.6. The molecule has 0 radical (unpaired) electrons. The van der Waals surface area contributed by atoms with Crippen LogP contribution in [0.3, 0.4) is 0 Å². The monoisotopic (exact) mass is 300 g/mol. The van der Waals surface area contributed by atoms with E-state index >= 15 is 0 Å². The minimum absolute atomic E-state index is 0.0481. The fraction of sp³-hybridized carbons (Fsp3) is 0.385. The Morgan fingerprint density at radius 2 is 1.90 bits per heavy atom. The number of hydrogen-bond donors (Lipinski definition) is 1. The average Bonchev–Trinajstić information content (AvgIpc) is 2.41. The molecule has 1 N–H and O–H groups in total. The molecule has 1 aliphatic heterocycles. The number of hydrogen-bond acceptors (Lipinski definition) is 3. The normalized spacial score (nSPS) is 16.2. The number of carboxylic acids is 1. The van der Waals surface area contributed by atoms with E-state index in [-0.39, 0.29) is 12.1 Å². The summed E-state index contributed by atoms with van der Waals surface area (Å²) in [6, 6.07) is 3.86. The van der Waals surface area contributed by atoms with E-state index in [2.05, 4.69) is 0 Å². The van der Waals surface area contributed by atoms with Crippen LogP contribution in [0.5, 0.6) is 0 Å². The SMILES string of the molecule is O=C(O)CN1CCN(C(=O)c2cc(Cl)ccc2F)CC1. The molecule has 108 valence electrons. The molecule has 0 aromatic heterocycles. The maximum Gasteiger partial charge on any atom is 0.317 e. The Hall–Kier alpha value is -1.66. The molecule has 0 unspecified atom stereocenters. The van der Waals surface area contributed by atoms with Crippen molar-refractivity contribution in [1.82, 2.24) is 9.80 Å². The fourth-order valence-electron chi connectivity index (χ4n) is 2.13. The molecule has 7 heteroatoms. The maximum atomic E-state index is 13.6. The first-order chi connectivity index (χ1) is 9.47. The van der Waals surface area contributed by atoms with E-state index in [0.717, 1.165) is 6.07 Å². The zero-order chi connectivity index (χ0) is 14.7. The molecule has 0 saturated carbocycles. The van der Waals surface area contributed by atoms with Crippen LogP contribution in [0, 0.1) is 5.82 Å². The van der Waals surface area contributed by atoms with Crippen LogP contribution in [-0.4, -0.2) is 59.5 Å². The average molecular weight is 301 g/mol. The van der Waals surface area contributed by atoms with Gasteiger partial charge in [0.05, 0.1) is 12.1 Å². The van der Waals surface area contributed by atoms with Crippen molar-refractivity contribution in [2.24, 2.45) is 0 Å². The fourth-order valence-corrected chi connectivity index (χ4v) is 2.30. The van der Waals surface area contributed by atoms with Crippen molar-refractivity contribution in [2.45, 2.75) is 0 Å². The molecule has 0 aliphatic carbocycles. The highest BCUT2D eigenvalue weighted by Gasteiger charge is 2.24. The molecule has 1 saturated heterocycles. The molecule has 0 atom stereocenters. The van der Waals surface area contributed by atoms with Crippen LogP contribution in [-0.2, 0) is 4.79 Å². The molecule has 1 aromatic carbocycles. The Morgan fingerprint density at radius 3 is 2.50 bits per heavy atom. The van der Waals surface area contributed by atoms with Crippen molar-refractivity contribution in [1.29, 1.82) is 0 Å². The highest BCUT2D eigenvalue weighted by Crippen LogP contribution is 2.17. The van der Waals surface area contributed by atoms with Gasteiger partial charge in [-0.15, -0.1) is 0 Å². The highest BCUT2D eigenvalue weighted by molar-refractivity contribution is 6.31. The minimum Gasteiger partial charge on any atom is -0.480 e. The molecule has 0 bridgehead atoms.